The number of aromatic amines is 1. The minimum Gasteiger partial charge on any atom is -0.354 e. The number of carbonyl (C=O) groups excluding carboxylic acids is 2. The number of amides is 2. The maximum Gasteiger partial charge on any atom is 0.259 e. The first-order chi connectivity index (χ1) is 13.6. The van der Waals surface area contributed by atoms with Gasteiger partial charge in [-0.15, -0.1) is 0 Å². The molecule has 3 aromatic carbocycles. The molecule has 0 unspecified atom stereocenters. The van der Waals surface area contributed by atoms with E-state index in [4.69, 9.17) is 0 Å². The molecular weight excluding hydrogens is 350 g/mol. The number of carbonyl (C=O) groups is 2. The Labute approximate surface area is 159 Å². The number of aryl methyl sites for hydroxylation is 2. The molecule has 5 heteroatoms. The number of nitrogens with zero attached hydrogens (tertiary/aromatic N) is 1. The first-order valence-electron chi connectivity index (χ1n) is 9.42. The smallest absolute Gasteiger partial charge is 0.259 e. The summed E-state index contributed by atoms with van der Waals surface area (Å²) in [6.07, 6.45) is 2.83. The van der Waals surface area contributed by atoms with Crippen LogP contribution in [0, 0.1) is 0 Å². The highest BCUT2D eigenvalue weighted by Crippen LogP contribution is 2.43. The van der Waals surface area contributed by atoms with Crippen LogP contribution in [0.5, 0.6) is 0 Å². The molecule has 0 atom stereocenters. The van der Waals surface area contributed by atoms with E-state index in [1.54, 1.807) is 0 Å². The summed E-state index contributed by atoms with van der Waals surface area (Å²) in [6, 6.07) is 12.2. The van der Waals surface area contributed by atoms with Crippen molar-refractivity contribution < 1.29 is 9.59 Å². The average Bonchev–Trinajstić information content (AvgIpc) is 3.34. The van der Waals surface area contributed by atoms with Crippen molar-refractivity contribution in [2.24, 2.45) is 7.05 Å². The molecule has 1 aliphatic heterocycles. The standard InChI is InChI=1S/C23H17N3O2/c1-3-11-10-12-8-9-26(2)21(12)17-15(11)20-16(13-6-4-5-7-14(13)24-20)18-19(17)23(28)25-22(18)27/h4-10,24H,3H2,1-2H3,(H,25,27,28). The van der Waals surface area contributed by atoms with Crippen molar-refractivity contribution in [1.82, 2.24) is 14.9 Å². The Balaban J connectivity index is 2.06. The number of H-pyrrole nitrogens is 1. The van der Waals surface area contributed by atoms with Gasteiger partial charge in [-0.3, -0.25) is 14.9 Å². The van der Waals surface area contributed by atoms with Gasteiger partial charge in [-0.2, -0.15) is 0 Å². The number of hydrogen-bond acceptors (Lipinski definition) is 2. The normalized spacial score (nSPS) is 13.9. The van der Waals surface area contributed by atoms with Crippen LogP contribution >= 0.6 is 0 Å². The Kier molecular flexibility index (Phi) is 2.77. The van der Waals surface area contributed by atoms with Crippen LogP contribution in [0.4, 0.5) is 0 Å². The van der Waals surface area contributed by atoms with Gasteiger partial charge < -0.3 is 9.55 Å². The molecule has 28 heavy (non-hydrogen) atoms. The van der Waals surface area contributed by atoms with Gasteiger partial charge in [-0.05, 0) is 30.2 Å². The number of rotatable bonds is 1. The number of benzene rings is 3. The third-order valence-electron chi connectivity index (χ3n) is 6.01. The maximum absolute atomic E-state index is 12.9. The van der Waals surface area contributed by atoms with Crippen molar-refractivity contribution in [2.45, 2.75) is 13.3 Å². The predicted molar refractivity (Wildman–Crippen MR) is 111 cm³/mol. The van der Waals surface area contributed by atoms with Gasteiger partial charge in [0.25, 0.3) is 11.8 Å². The Morgan fingerprint density at radius 3 is 2.50 bits per heavy atom. The molecule has 0 bridgehead atoms. The molecule has 6 rings (SSSR count). The fraction of sp³-hybridized carbons (Fsp3) is 0.130. The maximum atomic E-state index is 12.9. The van der Waals surface area contributed by atoms with Gasteiger partial charge in [0.05, 0.1) is 22.2 Å². The summed E-state index contributed by atoms with van der Waals surface area (Å²) in [5, 5.41) is 7.31. The number of fused-ring (bicyclic) bond motifs is 10. The third kappa shape index (κ3) is 1.67. The zero-order valence-electron chi connectivity index (χ0n) is 15.5. The molecule has 2 aromatic heterocycles. The zero-order chi connectivity index (χ0) is 19.2. The van der Waals surface area contributed by atoms with Crippen molar-refractivity contribution in [1.29, 1.82) is 0 Å². The lowest BCUT2D eigenvalue weighted by Crippen LogP contribution is -2.20. The summed E-state index contributed by atoms with van der Waals surface area (Å²) in [5.41, 5.74) is 5.03. The van der Waals surface area contributed by atoms with E-state index in [0.717, 1.165) is 49.9 Å². The van der Waals surface area contributed by atoms with E-state index < -0.39 is 0 Å². The van der Waals surface area contributed by atoms with Crippen LogP contribution in [-0.4, -0.2) is 21.4 Å². The molecule has 0 spiro atoms. The van der Waals surface area contributed by atoms with Crippen molar-refractivity contribution in [3.05, 3.63) is 59.3 Å². The highest BCUT2D eigenvalue weighted by atomic mass is 16.2. The SMILES string of the molecule is CCc1cc2ccn(C)c2c2c3c(c4c5ccccc5[nH]c4c12)C(=O)NC3=O. The second-order valence-corrected chi connectivity index (χ2v) is 7.46. The highest BCUT2D eigenvalue weighted by Gasteiger charge is 2.35. The number of aromatic nitrogens is 2. The van der Waals surface area contributed by atoms with Crippen LogP contribution in [0.1, 0.15) is 33.2 Å². The second-order valence-electron chi connectivity index (χ2n) is 7.46. The van der Waals surface area contributed by atoms with Gasteiger partial charge in [-0.1, -0.05) is 25.1 Å². The van der Waals surface area contributed by atoms with Gasteiger partial charge >= 0.3 is 0 Å². The number of hydrogen-bond donors (Lipinski definition) is 2. The summed E-state index contributed by atoms with van der Waals surface area (Å²) in [7, 11) is 1.98. The molecule has 0 fully saturated rings. The minimum atomic E-state index is -0.319. The first kappa shape index (κ1) is 15.5. The Bertz CT molecular complexity index is 1520. The van der Waals surface area contributed by atoms with E-state index in [9.17, 15) is 9.59 Å². The van der Waals surface area contributed by atoms with Gasteiger partial charge in [-0.25, -0.2) is 0 Å². The van der Waals surface area contributed by atoms with Crippen molar-refractivity contribution in [3.8, 4) is 0 Å². The van der Waals surface area contributed by atoms with Gasteiger partial charge in [0.2, 0.25) is 0 Å². The molecule has 0 saturated heterocycles. The Morgan fingerprint density at radius 1 is 0.964 bits per heavy atom. The zero-order valence-corrected chi connectivity index (χ0v) is 15.5. The van der Waals surface area contributed by atoms with E-state index in [1.165, 1.54) is 5.56 Å². The van der Waals surface area contributed by atoms with Crippen molar-refractivity contribution in [2.75, 3.05) is 0 Å². The monoisotopic (exact) mass is 367 g/mol. The quantitative estimate of drug-likeness (QED) is 0.431. The summed E-state index contributed by atoms with van der Waals surface area (Å²) >= 11 is 0. The molecule has 5 nitrogen and oxygen atoms in total. The second kappa shape index (κ2) is 5.01. The van der Waals surface area contributed by atoms with Gasteiger partial charge in [0.15, 0.2) is 0 Å². The van der Waals surface area contributed by atoms with E-state index in [0.29, 0.717) is 11.1 Å². The number of nitrogens with one attached hydrogen (secondary N) is 2. The number of imide groups is 1. The van der Waals surface area contributed by atoms with Crippen LogP contribution in [0.3, 0.4) is 0 Å². The Hall–Kier alpha value is -3.60. The molecule has 136 valence electrons. The molecule has 0 saturated carbocycles. The summed E-state index contributed by atoms with van der Waals surface area (Å²) in [5.74, 6) is -0.631. The predicted octanol–water partition coefficient (Wildman–Crippen LogP) is 4.41. The molecular formula is C23H17N3O2. The van der Waals surface area contributed by atoms with Crippen LogP contribution in [0.25, 0.3) is 43.5 Å². The lowest BCUT2D eigenvalue weighted by molar-refractivity contribution is 0.0880. The first-order valence-corrected chi connectivity index (χ1v) is 9.42. The molecule has 3 heterocycles. The molecule has 2 amide bonds. The summed E-state index contributed by atoms with van der Waals surface area (Å²) in [4.78, 5) is 29.3. The summed E-state index contributed by atoms with van der Waals surface area (Å²) in [6.45, 7) is 2.12. The minimum absolute atomic E-state index is 0.312. The van der Waals surface area contributed by atoms with Gasteiger partial charge in [0.1, 0.15) is 0 Å². The van der Waals surface area contributed by atoms with Crippen LogP contribution in [0.2, 0.25) is 0 Å². The van der Waals surface area contributed by atoms with E-state index >= 15 is 0 Å². The third-order valence-corrected chi connectivity index (χ3v) is 6.01. The molecule has 0 radical (unpaired) electrons. The topological polar surface area (TPSA) is 66.9 Å². The summed E-state index contributed by atoms with van der Waals surface area (Å²) < 4.78 is 2.03. The van der Waals surface area contributed by atoms with Crippen LogP contribution < -0.4 is 5.32 Å². The molecule has 1 aliphatic rings. The Morgan fingerprint density at radius 2 is 1.71 bits per heavy atom. The fourth-order valence-electron chi connectivity index (χ4n) is 4.85. The number of para-hydroxylation sites is 1. The highest BCUT2D eigenvalue weighted by molar-refractivity contribution is 6.39. The van der Waals surface area contributed by atoms with E-state index in [-0.39, 0.29) is 11.8 Å². The average molecular weight is 367 g/mol. The van der Waals surface area contributed by atoms with Crippen LogP contribution in [0.15, 0.2) is 42.6 Å². The van der Waals surface area contributed by atoms with Crippen molar-refractivity contribution in [3.63, 3.8) is 0 Å². The lowest BCUT2D eigenvalue weighted by Gasteiger charge is -2.13. The molecule has 5 aromatic rings. The molecule has 2 N–H and O–H groups in total. The fourth-order valence-corrected chi connectivity index (χ4v) is 4.85. The lowest BCUT2D eigenvalue weighted by atomic mass is 9.90. The van der Waals surface area contributed by atoms with E-state index in [2.05, 4.69) is 29.4 Å². The van der Waals surface area contributed by atoms with Gasteiger partial charge in [0, 0.05) is 45.7 Å². The molecule has 0 aliphatic carbocycles. The van der Waals surface area contributed by atoms with E-state index in [1.807, 2.05) is 42.1 Å². The van der Waals surface area contributed by atoms with Crippen LogP contribution in [-0.2, 0) is 13.5 Å². The largest absolute Gasteiger partial charge is 0.354 e. The van der Waals surface area contributed by atoms with Crippen molar-refractivity contribution >= 4 is 55.3 Å².